The molecule has 0 radical (unpaired) electrons. The Balaban J connectivity index is 1.46. The number of benzene rings is 1. The van der Waals surface area contributed by atoms with Gasteiger partial charge in [0.15, 0.2) is 11.5 Å². The Bertz CT molecular complexity index is 430. The molecule has 4 heteroatoms. The smallest absolute Gasteiger partial charge is 0.165 e. The van der Waals surface area contributed by atoms with Crippen molar-refractivity contribution in [1.29, 1.82) is 0 Å². The van der Waals surface area contributed by atoms with Crippen LogP contribution in [-0.4, -0.2) is 32.5 Å². The van der Waals surface area contributed by atoms with Gasteiger partial charge >= 0.3 is 0 Å². The van der Waals surface area contributed by atoms with Crippen LogP contribution in [0.25, 0.3) is 0 Å². The van der Waals surface area contributed by atoms with Crippen LogP contribution >= 0.6 is 0 Å². The Hall–Kier alpha value is -1.26. The highest BCUT2D eigenvalue weighted by Gasteiger charge is 2.16. The third-order valence-electron chi connectivity index (χ3n) is 3.88. The Morgan fingerprint density at radius 3 is 2.95 bits per heavy atom. The first-order valence-corrected chi connectivity index (χ1v) is 7.63. The maximum absolute atomic E-state index is 5.74. The lowest BCUT2D eigenvalue weighted by molar-refractivity contribution is 0.0115. The summed E-state index contributed by atoms with van der Waals surface area (Å²) < 4.78 is 17.0. The first-order valence-electron chi connectivity index (χ1n) is 7.63. The van der Waals surface area contributed by atoms with Gasteiger partial charge in [-0.3, -0.25) is 0 Å². The molecule has 1 aromatic carbocycles. The summed E-state index contributed by atoms with van der Waals surface area (Å²) in [6.07, 6.45) is 5.27. The molecule has 0 bridgehead atoms. The minimum Gasteiger partial charge on any atom is -0.486 e. The van der Waals surface area contributed by atoms with E-state index < -0.39 is 0 Å². The number of rotatable bonds is 5. The fourth-order valence-electron chi connectivity index (χ4n) is 2.79. The minimum atomic E-state index is 0.445. The van der Waals surface area contributed by atoms with Crippen LogP contribution in [0.15, 0.2) is 18.2 Å². The van der Waals surface area contributed by atoms with Crippen molar-refractivity contribution in [2.75, 3.05) is 26.4 Å². The van der Waals surface area contributed by atoms with Crippen molar-refractivity contribution in [3.05, 3.63) is 23.8 Å². The average Bonchev–Trinajstić information content (AvgIpc) is 2.53. The second kappa shape index (κ2) is 6.95. The first-order chi connectivity index (χ1) is 9.93. The van der Waals surface area contributed by atoms with Crippen LogP contribution in [0, 0.1) is 0 Å². The summed E-state index contributed by atoms with van der Waals surface area (Å²) in [7, 11) is 0. The monoisotopic (exact) mass is 277 g/mol. The number of para-hydroxylation sites is 1. The highest BCUT2D eigenvalue weighted by molar-refractivity contribution is 5.47. The number of fused-ring (bicyclic) bond motifs is 1. The molecule has 0 aliphatic carbocycles. The molecule has 110 valence electrons. The van der Waals surface area contributed by atoms with Crippen LogP contribution < -0.4 is 14.8 Å². The SMILES string of the molecule is c1cc(CNCCC2CCCCO2)c2c(c1)OCCO2. The van der Waals surface area contributed by atoms with Gasteiger partial charge in [0.2, 0.25) is 0 Å². The molecule has 1 atom stereocenters. The Kier molecular flexibility index (Phi) is 4.77. The van der Waals surface area contributed by atoms with Gasteiger partial charge in [-0.15, -0.1) is 0 Å². The van der Waals surface area contributed by atoms with E-state index in [9.17, 15) is 0 Å². The van der Waals surface area contributed by atoms with E-state index in [4.69, 9.17) is 14.2 Å². The van der Waals surface area contributed by atoms with Crippen molar-refractivity contribution in [3.8, 4) is 11.5 Å². The number of ether oxygens (including phenoxy) is 3. The molecule has 3 rings (SSSR count). The molecule has 1 saturated heterocycles. The first kappa shape index (κ1) is 13.7. The highest BCUT2D eigenvalue weighted by atomic mass is 16.6. The van der Waals surface area contributed by atoms with Crippen LogP contribution in [0.3, 0.4) is 0 Å². The van der Waals surface area contributed by atoms with E-state index in [1.54, 1.807) is 0 Å². The lowest BCUT2D eigenvalue weighted by Crippen LogP contribution is -2.25. The van der Waals surface area contributed by atoms with E-state index in [0.29, 0.717) is 19.3 Å². The molecule has 1 aromatic rings. The summed E-state index contributed by atoms with van der Waals surface area (Å²) in [4.78, 5) is 0. The lowest BCUT2D eigenvalue weighted by atomic mass is 10.1. The van der Waals surface area contributed by atoms with Crippen molar-refractivity contribution in [1.82, 2.24) is 5.32 Å². The van der Waals surface area contributed by atoms with Gasteiger partial charge in [-0.25, -0.2) is 0 Å². The Labute approximate surface area is 120 Å². The normalized spacial score (nSPS) is 21.7. The van der Waals surface area contributed by atoms with Crippen molar-refractivity contribution in [2.45, 2.75) is 38.3 Å². The fraction of sp³-hybridized carbons (Fsp3) is 0.625. The Morgan fingerprint density at radius 2 is 2.05 bits per heavy atom. The van der Waals surface area contributed by atoms with E-state index in [1.165, 1.54) is 24.8 Å². The summed E-state index contributed by atoms with van der Waals surface area (Å²) >= 11 is 0. The number of hydrogen-bond acceptors (Lipinski definition) is 4. The van der Waals surface area contributed by atoms with Gasteiger partial charge in [-0.2, -0.15) is 0 Å². The van der Waals surface area contributed by atoms with E-state index in [2.05, 4.69) is 11.4 Å². The fourth-order valence-corrected chi connectivity index (χ4v) is 2.79. The van der Waals surface area contributed by atoms with Gasteiger partial charge < -0.3 is 19.5 Å². The van der Waals surface area contributed by atoms with E-state index in [0.717, 1.165) is 37.6 Å². The van der Waals surface area contributed by atoms with Crippen LogP contribution in [0.2, 0.25) is 0 Å². The van der Waals surface area contributed by atoms with Crippen LogP contribution in [-0.2, 0) is 11.3 Å². The summed E-state index contributed by atoms with van der Waals surface area (Å²) in [5, 5.41) is 3.48. The quantitative estimate of drug-likeness (QED) is 0.840. The van der Waals surface area contributed by atoms with Crippen LogP contribution in [0.4, 0.5) is 0 Å². The molecule has 20 heavy (non-hydrogen) atoms. The number of nitrogens with one attached hydrogen (secondary N) is 1. The van der Waals surface area contributed by atoms with Gasteiger partial charge in [0.25, 0.3) is 0 Å². The van der Waals surface area contributed by atoms with E-state index >= 15 is 0 Å². The Morgan fingerprint density at radius 1 is 1.10 bits per heavy atom. The summed E-state index contributed by atoms with van der Waals surface area (Å²) in [5.74, 6) is 1.77. The molecular weight excluding hydrogens is 254 g/mol. The number of hydrogen-bond donors (Lipinski definition) is 1. The standard InChI is InChI=1S/C16H23NO3/c1-2-9-18-14(5-1)7-8-17-12-13-4-3-6-15-16(13)20-11-10-19-15/h3-4,6,14,17H,1-2,5,7-12H2. The summed E-state index contributed by atoms with van der Waals surface area (Å²) in [5.41, 5.74) is 1.17. The molecule has 4 nitrogen and oxygen atoms in total. The van der Waals surface area contributed by atoms with E-state index in [-0.39, 0.29) is 0 Å². The molecule has 0 amide bonds. The summed E-state index contributed by atoms with van der Waals surface area (Å²) in [6.45, 7) is 4.01. The lowest BCUT2D eigenvalue weighted by Gasteiger charge is -2.23. The molecule has 0 aromatic heterocycles. The molecule has 2 aliphatic heterocycles. The molecule has 1 unspecified atom stereocenters. The van der Waals surface area contributed by atoms with Crippen molar-refractivity contribution in [2.24, 2.45) is 0 Å². The topological polar surface area (TPSA) is 39.7 Å². The van der Waals surface area contributed by atoms with Crippen LogP contribution in [0.1, 0.15) is 31.2 Å². The van der Waals surface area contributed by atoms with Gasteiger partial charge in [0.05, 0.1) is 6.10 Å². The van der Waals surface area contributed by atoms with Gasteiger partial charge in [0.1, 0.15) is 13.2 Å². The zero-order valence-electron chi connectivity index (χ0n) is 11.9. The second-order valence-corrected chi connectivity index (χ2v) is 5.40. The van der Waals surface area contributed by atoms with Gasteiger partial charge in [-0.05, 0) is 38.3 Å². The third-order valence-corrected chi connectivity index (χ3v) is 3.88. The molecule has 0 spiro atoms. The molecule has 2 aliphatic rings. The minimum absolute atomic E-state index is 0.445. The van der Waals surface area contributed by atoms with Gasteiger partial charge in [-0.1, -0.05) is 12.1 Å². The summed E-state index contributed by atoms with van der Waals surface area (Å²) in [6, 6.07) is 6.08. The average molecular weight is 277 g/mol. The van der Waals surface area contributed by atoms with Crippen molar-refractivity contribution >= 4 is 0 Å². The van der Waals surface area contributed by atoms with Crippen LogP contribution in [0.5, 0.6) is 11.5 Å². The van der Waals surface area contributed by atoms with Crippen molar-refractivity contribution < 1.29 is 14.2 Å². The molecular formula is C16H23NO3. The largest absolute Gasteiger partial charge is 0.486 e. The van der Waals surface area contributed by atoms with E-state index in [1.807, 2.05) is 12.1 Å². The van der Waals surface area contributed by atoms with Crippen molar-refractivity contribution in [3.63, 3.8) is 0 Å². The molecule has 1 fully saturated rings. The second-order valence-electron chi connectivity index (χ2n) is 5.40. The molecule has 2 heterocycles. The third kappa shape index (κ3) is 3.44. The molecule has 1 N–H and O–H groups in total. The zero-order valence-corrected chi connectivity index (χ0v) is 11.9. The molecule has 0 saturated carbocycles. The zero-order chi connectivity index (χ0) is 13.6. The van der Waals surface area contributed by atoms with Gasteiger partial charge in [0, 0.05) is 18.7 Å². The maximum atomic E-state index is 5.74. The maximum Gasteiger partial charge on any atom is 0.165 e. The predicted octanol–water partition coefficient (Wildman–Crippen LogP) is 2.51. The highest BCUT2D eigenvalue weighted by Crippen LogP contribution is 2.33. The predicted molar refractivity (Wildman–Crippen MR) is 77.3 cm³/mol.